The molecule has 0 aromatic carbocycles. The van der Waals surface area contributed by atoms with Crippen LogP contribution in [0.15, 0.2) is 12.3 Å². The molecule has 4 heteroatoms. The van der Waals surface area contributed by atoms with E-state index in [-0.39, 0.29) is 11.7 Å². The molecule has 18 heavy (non-hydrogen) atoms. The number of ether oxygens (including phenoxy) is 1. The van der Waals surface area contributed by atoms with E-state index in [1.807, 2.05) is 24.7 Å². The summed E-state index contributed by atoms with van der Waals surface area (Å²) in [6.07, 6.45) is 7.36. The number of aliphatic hydroxyl groups is 1. The van der Waals surface area contributed by atoms with Crippen LogP contribution in [-0.4, -0.2) is 33.2 Å². The zero-order chi connectivity index (χ0) is 13.0. The lowest BCUT2D eigenvalue weighted by atomic mass is 9.90. The van der Waals surface area contributed by atoms with Crippen LogP contribution in [-0.2, 0) is 18.2 Å². The van der Waals surface area contributed by atoms with Gasteiger partial charge in [-0.2, -0.15) is 5.10 Å². The van der Waals surface area contributed by atoms with Gasteiger partial charge in [0.05, 0.1) is 11.7 Å². The standard InChI is InChI=1S/C14H24N2O2/c1-3-18-14(9-4-5-10-14)13(17)7-6-12-8-11-15-16(12)2/h8,11,13,17H,3-7,9-10H2,1-2H3. The van der Waals surface area contributed by atoms with Crippen LogP contribution in [0.1, 0.15) is 44.7 Å². The SMILES string of the molecule is CCOC1(C(O)CCc2ccnn2C)CCCC1. The van der Waals surface area contributed by atoms with Gasteiger partial charge < -0.3 is 9.84 Å². The van der Waals surface area contributed by atoms with Crippen molar-refractivity contribution in [3.63, 3.8) is 0 Å². The summed E-state index contributed by atoms with van der Waals surface area (Å²) in [5.41, 5.74) is 0.881. The number of rotatable bonds is 6. The van der Waals surface area contributed by atoms with Crippen molar-refractivity contribution >= 4 is 0 Å². The molecule has 1 aliphatic rings. The van der Waals surface area contributed by atoms with Gasteiger partial charge in [0, 0.05) is 25.5 Å². The van der Waals surface area contributed by atoms with Crippen molar-refractivity contribution in [3.05, 3.63) is 18.0 Å². The van der Waals surface area contributed by atoms with E-state index < -0.39 is 0 Å². The van der Waals surface area contributed by atoms with E-state index in [1.165, 1.54) is 18.5 Å². The first kappa shape index (κ1) is 13.6. The number of hydrogen-bond donors (Lipinski definition) is 1. The van der Waals surface area contributed by atoms with Gasteiger partial charge in [0.15, 0.2) is 0 Å². The molecule has 1 saturated carbocycles. The third-order valence-corrected chi connectivity index (χ3v) is 4.09. The Kier molecular flexibility index (Phi) is 4.40. The van der Waals surface area contributed by atoms with Crippen LogP contribution in [0.3, 0.4) is 0 Å². The molecule has 1 heterocycles. The van der Waals surface area contributed by atoms with Crippen LogP contribution in [0.4, 0.5) is 0 Å². The largest absolute Gasteiger partial charge is 0.390 e. The molecule has 1 aromatic heterocycles. The molecular formula is C14H24N2O2. The van der Waals surface area contributed by atoms with E-state index >= 15 is 0 Å². The van der Waals surface area contributed by atoms with Crippen molar-refractivity contribution in [2.24, 2.45) is 7.05 Å². The minimum atomic E-state index is -0.366. The third-order valence-electron chi connectivity index (χ3n) is 4.09. The van der Waals surface area contributed by atoms with E-state index in [2.05, 4.69) is 5.10 Å². The van der Waals surface area contributed by atoms with E-state index in [9.17, 15) is 5.11 Å². The Morgan fingerprint density at radius 3 is 2.78 bits per heavy atom. The predicted octanol–water partition coefficient (Wildman–Crippen LogP) is 2.06. The van der Waals surface area contributed by atoms with Gasteiger partial charge in [-0.15, -0.1) is 0 Å². The summed E-state index contributed by atoms with van der Waals surface area (Å²) in [5.74, 6) is 0. The predicted molar refractivity (Wildman–Crippen MR) is 70.4 cm³/mol. The van der Waals surface area contributed by atoms with Gasteiger partial charge in [-0.05, 0) is 38.7 Å². The molecule has 1 aliphatic carbocycles. The second kappa shape index (κ2) is 5.85. The van der Waals surface area contributed by atoms with Crippen LogP contribution in [0.5, 0.6) is 0 Å². The van der Waals surface area contributed by atoms with Crippen molar-refractivity contribution < 1.29 is 9.84 Å². The van der Waals surface area contributed by atoms with Crippen molar-refractivity contribution in [1.82, 2.24) is 9.78 Å². The molecule has 102 valence electrons. The minimum Gasteiger partial charge on any atom is -0.390 e. The summed E-state index contributed by atoms with van der Waals surface area (Å²) < 4.78 is 7.75. The first-order chi connectivity index (χ1) is 8.68. The molecule has 1 aromatic rings. The fourth-order valence-corrected chi connectivity index (χ4v) is 3.03. The summed E-state index contributed by atoms with van der Waals surface area (Å²) in [4.78, 5) is 0. The Morgan fingerprint density at radius 1 is 1.50 bits per heavy atom. The molecule has 1 N–H and O–H groups in total. The summed E-state index contributed by atoms with van der Waals surface area (Å²) in [7, 11) is 1.94. The lowest BCUT2D eigenvalue weighted by molar-refractivity contribution is -0.118. The van der Waals surface area contributed by atoms with E-state index in [4.69, 9.17) is 4.74 Å². The molecule has 0 radical (unpaired) electrons. The van der Waals surface area contributed by atoms with Gasteiger partial charge in [0.2, 0.25) is 0 Å². The highest BCUT2D eigenvalue weighted by Gasteiger charge is 2.41. The summed E-state index contributed by atoms with van der Waals surface area (Å²) in [5, 5.41) is 14.6. The van der Waals surface area contributed by atoms with E-state index in [1.54, 1.807) is 6.20 Å². The second-order valence-electron chi connectivity index (χ2n) is 5.21. The Morgan fingerprint density at radius 2 is 2.22 bits per heavy atom. The topological polar surface area (TPSA) is 47.3 Å². The van der Waals surface area contributed by atoms with E-state index in [0.717, 1.165) is 25.7 Å². The van der Waals surface area contributed by atoms with Gasteiger partial charge in [-0.1, -0.05) is 12.8 Å². The van der Waals surface area contributed by atoms with Gasteiger partial charge in [-0.3, -0.25) is 4.68 Å². The highest BCUT2D eigenvalue weighted by molar-refractivity contribution is 5.02. The maximum absolute atomic E-state index is 10.5. The van der Waals surface area contributed by atoms with Crippen LogP contribution < -0.4 is 0 Å². The Bertz CT molecular complexity index is 370. The highest BCUT2D eigenvalue weighted by atomic mass is 16.5. The smallest absolute Gasteiger partial charge is 0.0940 e. The fraction of sp³-hybridized carbons (Fsp3) is 0.786. The number of nitrogens with zero attached hydrogens (tertiary/aromatic N) is 2. The molecule has 0 aliphatic heterocycles. The maximum atomic E-state index is 10.5. The number of aryl methyl sites for hydroxylation is 2. The van der Waals surface area contributed by atoms with Crippen LogP contribution >= 0.6 is 0 Å². The van der Waals surface area contributed by atoms with Gasteiger partial charge in [0.25, 0.3) is 0 Å². The van der Waals surface area contributed by atoms with E-state index in [0.29, 0.717) is 6.61 Å². The van der Waals surface area contributed by atoms with Gasteiger partial charge in [0.1, 0.15) is 0 Å². The molecule has 0 amide bonds. The molecule has 4 nitrogen and oxygen atoms in total. The molecule has 1 unspecified atom stereocenters. The molecule has 0 bridgehead atoms. The molecule has 0 saturated heterocycles. The summed E-state index contributed by atoms with van der Waals surface area (Å²) in [6.45, 7) is 2.69. The van der Waals surface area contributed by atoms with Crippen molar-refractivity contribution in [2.45, 2.75) is 57.2 Å². The van der Waals surface area contributed by atoms with Crippen LogP contribution in [0.25, 0.3) is 0 Å². The first-order valence-corrected chi connectivity index (χ1v) is 6.97. The van der Waals surface area contributed by atoms with Crippen LogP contribution in [0.2, 0.25) is 0 Å². The molecular weight excluding hydrogens is 228 g/mol. The summed E-state index contributed by atoms with van der Waals surface area (Å²) >= 11 is 0. The lowest BCUT2D eigenvalue weighted by Crippen LogP contribution is -2.42. The average molecular weight is 252 g/mol. The van der Waals surface area contributed by atoms with Crippen molar-refractivity contribution in [2.75, 3.05) is 6.61 Å². The number of hydrogen-bond acceptors (Lipinski definition) is 3. The molecule has 2 rings (SSSR count). The molecule has 0 spiro atoms. The number of aliphatic hydroxyl groups excluding tert-OH is 1. The van der Waals surface area contributed by atoms with Gasteiger partial charge in [-0.25, -0.2) is 0 Å². The molecule has 1 fully saturated rings. The third kappa shape index (κ3) is 2.75. The van der Waals surface area contributed by atoms with Gasteiger partial charge >= 0.3 is 0 Å². The Hall–Kier alpha value is -0.870. The average Bonchev–Trinajstić information content (AvgIpc) is 2.97. The highest BCUT2D eigenvalue weighted by Crippen LogP contribution is 2.37. The normalized spacial score (nSPS) is 20.2. The lowest BCUT2D eigenvalue weighted by Gasteiger charge is -2.34. The Balaban J connectivity index is 1.93. The van der Waals surface area contributed by atoms with Crippen molar-refractivity contribution in [1.29, 1.82) is 0 Å². The number of aromatic nitrogens is 2. The molecule has 1 atom stereocenters. The fourth-order valence-electron chi connectivity index (χ4n) is 3.03. The monoisotopic (exact) mass is 252 g/mol. The minimum absolute atomic E-state index is 0.284. The van der Waals surface area contributed by atoms with Crippen LogP contribution in [0, 0.1) is 0 Å². The quantitative estimate of drug-likeness (QED) is 0.843. The zero-order valence-corrected chi connectivity index (χ0v) is 11.4. The maximum Gasteiger partial charge on any atom is 0.0940 e. The van der Waals surface area contributed by atoms with Crippen molar-refractivity contribution in [3.8, 4) is 0 Å². The Labute approximate surface area is 109 Å². The second-order valence-corrected chi connectivity index (χ2v) is 5.21. The first-order valence-electron chi connectivity index (χ1n) is 6.97. The summed E-state index contributed by atoms with van der Waals surface area (Å²) in [6, 6.07) is 2.01. The zero-order valence-electron chi connectivity index (χ0n) is 11.4.